The van der Waals surface area contributed by atoms with Crippen LogP contribution in [-0.4, -0.2) is 31.7 Å². The molecule has 0 spiro atoms. The summed E-state index contributed by atoms with van der Waals surface area (Å²) in [5.74, 6) is -0.493. The lowest BCUT2D eigenvalue weighted by Gasteiger charge is -2.33. The smallest absolute Gasteiger partial charge is 0.349 e. The summed E-state index contributed by atoms with van der Waals surface area (Å²) in [5.41, 5.74) is 1.18. The predicted octanol–water partition coefficient (Wildman–Crippen LogP) is 4.30. The van der Waals surface area contributed by atoms with Gasteiger partial charge in [0.25, 0.3) is 0 Å². The molecule has 0 radical (unpaired) electrons. The largest absolute Gasteiger partial charge is 0.417 e. The lowest BCUT2D eigenvalue weighted by Crippen LogP contribution is -2.44. The van der Waals surface area contributed by atoms with Gasteiger partial charge in [0, 0.05) is 19.0 Å². The fraction of sp³-hybridized carbons (Fsp3) is 0.435. The molecule has 2 aliphatic rings. The molecule has 2 aromatic carbocycles. The first-order valence-electron chi connectivity index (χ1n) is 10.7. The van der Waals surface area contributed by atoms with E-state index in [2.05, 4.69) is 11.4 Å². The highest BCUT2D eigenvalue weighted by atomic mass is 32.2. The molecular formula is C23H25F3N2O3S. The number of halogens is 3. The maximum Gasteiger partial charge on any atom is 0.417 e. The number of carbonyl (C=O) groups excluding carboxylic acids is 1. The Balaban J connectivity index is 1.42. The highest BCUT2D eigenvalue weighted by Gasteiger charge is 2.40. The highest BCUT2D eigenvalue weighted by molar-refractivity contribution is 7.89. The summed E-state index contributed by atoms with van der Waals surface area (Å²) >= 11 is 0. The second kappa shape index (κ2) is 8.86. The lowest BCUT2D eigenvalue weighted by molar-refractivity contribution is -0.139. The van der Waals surface area contributed by atoms with Crippen molar-refractivity contribution < 1.29 is 26.4 Å². The predicted molar refractivity (Wildman–Crippen MR) is 113 cm³/mol. The van der Waals surface area contributed by atoms with Gasteiger partial charge >= 0.3 is 6.18 Å². The van der Waals surface area contributed by atoms with Crippen molar-refractivity contribution in [3.8, 4) is 0 Å². The third kappa shape index (κ3) is 4.54. The quantitative estimate of drug-likeness (QED) is 0.731. The molecule has 1 atom stereocenters. The Morgan fingerprint density at radius 1 is 0.969 bits per heavy atom. The van der Waals surface area contributed by atoms with E-state index < -0.39 is 26.7 Å². The van der Waals surface area contributed by atoms with Crippen molar-refractivity contribution in [2.45, 2.75) is 49.2 Å². The van der Waals surface area contributed by atoms with Crippen LogP contribution in [0, 0.1) is 5.92 Å². The van der Waals surface area contributed by atoms with E-state index in [0.717, 1.165) is 41.3 Å². The highest BCUT2D eigenvalue weighted by Crippen LogP contribution is 2.36. The average Bonchev–Trinajstić information content (AvgIpc) is 2.79. The van der Waals surface area contributed by atoms with E-state index in [1.807, 2.05) is 18.2 Å². The van der Waals surface area contributed by atoms with Gasteiger partial charge in [-0.2, -0.15) is 17.5 Å². The van der Waals surface area contributed by atoms with Gasteiger partial charge in [0.1, 0.15) is 0 Å². The van der Waals surface area contributed by atoms with Crippen LogP contribution in [0.5, 0.6) is 0 Å². The summed E-state index contributed by atoms with van der Waals surface area (Å²) < 4.78 is 66.8. The number of alkyl halides is 3. The van der Waals surface area contributed by atoms with Crippen molar-refractivity contribution in [3.05, 3.63) is 65.2 Å². The Bertz CT molecular complexity index is 1090. The molecule has 1 N–H and O–H groups in total. The van der Waals surface area contributed by atoms with E-state index >= 15 is 0 Å². The average molecular weight is 467 g/mol. The molecule has 1 aliphatic carbocycles. The van der Waals surface area contributed by atoms with Gasteiger partial charge in [-0.15, -0.1) is 0 Å². The van der Waals surface area contributed by atoms with Crippen molar-refractivity contribution in [2.75, 3.05) is 13.1 Å². The van der Waals surface area contributed by atoms with E-state index in [4.69, 9.17) is 0 Å². The van der Waals surface area contributed by atoms with Gasteiger partial charge in [-0.25, -0.2) is 8.42 Å². The Kier molecular flexibility index (Phi) is 6.31. The number of sulfonamides is 1. The van der Waals surface area contributed by atoms with Crippen LogP contribution in [0.4, 0.5) is 13.2 Å². The van der Waals surface area contributed by atoms with E-state index in [-0.39, 0.29) is 43.8 Å². The number of aryl methyl sites for hydroxylation is 1. The minimum atomic E-state index is -4.77. The van der Waals surface area contributed by atoms with Crippen LogP contribution in [0.15, 0.2) is 53.4 Å². The Hall–Kier alpha value is -2.39. The first-order valence-corrected chi connectivity index (χ1v) is 12.2. The molecule has 0 bridgehead atoms. The number of rotatable bonds is 4. The molecule has 2 aromatic rings. The van der Waals surface area contributed by atoms with Crippen molar-refractivity contribution >= 4 is 15.9 Å². The number of amides is 1. The van der Waals surface area contributed by atoms with Crippen LogP contribution < -0.4 is 5.32 Å². The molecule has 1 heterocycles. The zero-order valence-electron chi connectivity index (χ0n) is 17.4. The minimum Gasteiger partial charge on any atom is -0.349 e. The summed E-state index contributed by atoms with van der Waals surface area (Å²) in [7, 11) is -4.31. The standard InChI is InChI=1S/C23H25F3N2O3S/c24-23(25,26)19-9-3-4-11-21(19)32(30,31)28-14-12-17(13-15-28)22(29)27-20-10-5-7-16-6-1-2-8-18(16)20/h1-4,6,8-9,11,17,20H,5,7,10,12-15H2,(H,27,29). The van der Waals surface area contributed by atoms with Gasteiger partial charge in [-0.05, 0) is 55.4 Å². The van der Waals surface area contributed by atoms with E-state index in [1.165, 1.54) is 17.7 Å². The van der Waals surface area contributed by atoms with Crippen LogP contribution >= 0.6 is 0 Å². The Labute approximate surface area is 185 Å². The maximum atomic E-state index is 13.3. The number of carbonyl (C=O) groups is 1. The Morgan fingerprint density at radius 2 is 1.62 bits per heavy atom. The number of fused-ring (bicyclic) bond motifs is 1. The van der Waals surface area contributed by atoms with Gasteiger partial charge in [0.15, 0.2) is 0 Å². The molecule has 1 unspecified atom stereocenters. The van der Waals surface area contributed by atoms with Crippen molar-refractivity contribution in [1.82, 2.24) is 9.62 Å². The number of hydrogen-bond donors (Lipinski definition) is 1. The number of hydrogen-bond acceptors (Lipinski definition) is 3. The van der Waals surface area contributed by atoms with Gasteiger partial charge in [-0.3, -0.25) is 4.79 Å². The first kappa shape index (κ1) is 22.8. The number of benzene rings is 2. The SMILES string of the molecule is O=C(NC1CCCc2ccccc21)C1CCN(S(=O)(=O)c2ccccc2C(F)(F)F)CC1. The molecule has 1 amide bonds. The van der Waals surface area contributed by atoms with Crippen molar-refractivity contribution in [2.24, 2.45) is 5.92 Å². The van der Waals surface area contributed by atoms with E-state index in [1.54, 1.807) is 0 Å². The van der Waals surface area contributed by atoms with Crippen LogP contribution in [0.3, 0.4) is 0 Å². The molecule has 1 fully saturated rings. The Morgan fingerprint density at radius 3 is 2.34 bits per heavy atom. The molecule has 32 heavy (non-hydrogen) atoms. The molecule has 9 heteroatoms. The zero-order chi connectivity index (χ0) is 22.9. The van der Waals surface area contributed by atoms with Crippen LogP contribution in [0.25, 0.3) is 0 Å². The first-order chi connectivity index (χ1) is 15.2. The maximum absolute atomic E-state index is 13.3. The van der Waals surface area contributed by atoms with Crippen LogP contribution in [0.2, 0.25) is 0 Å². The summed E-state index contributed by atoms with van der Waals surface area (Å²) in [6.45, 7) is 0.0156. The lowest BCUT2D eigenvalue weighted by atomic mass is 9.87. The summed E-state index contributed by atoms with van der Waals surface area (Å²) in [5, 5.41) is 3.10. The number of nitrogens with zero attached hydrogens (tertiary/aromatic N) is 1. The molecule has 0 aromatic heterocycles. The van der Waals surface area contributed by atoms with Crippen LogP contribution in [-0.2, 0) is 27.4 Å². The van der Waals surface area contributed by atoms with Gasteiger partial charge in [0.05, 0.1) is 16.5 Å². The number of nitrogens with one attached hydrogen (secondary N) is 1. The second-order valence-electron chi connectivity index (χ2n) is 8.32. The van der Waals surface area contributed by atoms with Crippen LogP contribution in [0.1, 0.15) is 48.4 Å². The van der Waals surface area contributed by atoms with Gasteiger partial charge in [0.2, 0.25) is 15.9 Å². The van der Waals surface area contributed by atoms with Gasteiger partial charge in [-0.1, -0.05) is 36.4 Å². The third-order valence-electron chi connectivity index (χ3n) is 6.32. The van der Waals surface area contributed by atoms with Crippen molar-refractivity contribution in [3.63, 3.8) is 0 Å². The summed E-state index contributed by atoms with van der Waals surface area (Å²) in [6, 6.07) is 12.2. The molecule has 5 nitrogen and oxygen atoms in total. The fourth-order valence-corrected chi connectivity index (χ4v) is 6.30. The zero-order valence-corrected chi connectivity index (χ0v) is 18.3. The fourth-order valence-electron chi connectivity index (χ4n) is 4.62. The van der Waals surface area contributed by atoms with Gasteiger partial charge < -0.3 is 5.32 Å². The molecule has 1 saturated heterocycles. The topological polar surface area (TPSA) is 66.5 Å². The molecule has 172 valence electrons. The summed E-state index contributed by atoms with van der Waals surface area (Å²) in [6.07, 6.45) is -1.40. The number of piperidine rings is 1. The summed E-state index contributed by atoms with van der Waals surface area (Å²) in [4.78, 5) is 12.1. The van der Waals surface area contributed by atoms with E-state index in [9.17, 15) is 26.4 Å². The molecule has 1 aliphatic heterocycles. The molecule has 4 rings (SSSR count). The third-order valence-corrected chi connectivity index (χ3v) is 8.28. The molecule has 0 saturated carbocycles. The molecular weight excluding hydrogens is 441 g/mol. The minimum absolute atomic E-state index is 0.00780. The normalized spacial score (nSPS) is 20.5. The monoisotopic (exact) mass is 466 g/mol. The second-order valence-corrected chi connectivity index (χ2v) is 10.2. The van der Waals surface area contributed by atoms with Crippen molar-refractivity contribution in [1.29, 1.82) is 0 Å². The van der Waals surface area contributed by atoms with E-state index in [0.29, 0.717) is 0 Å².